The van der Waals surface area contributed by atoms with E-state index in [1.807, 2.05) is 44.2 Å². The third-order valence-corrected chi connectivity index (χ3v) is 6.38. The molecule has 3 amide bonds. The van der Waals surface area contributed by atoms with Crippen molar-refractivity contribution in [3.05, 3.63) is 82.4 Å². The van der Waals surface area contributed by atoms with Gasteiger partial charge in [-0.2, -0.15) is 5.10 Å². The maximum atomic E-state index is 13.8. The molecule has 37 heavy (non-hydrogen) atoms. The predicted octanol–water partition coefficient (Wildman–Crippen LogP) is 3.17. The van der Waals surface area contributed by atoms with Crippen LogP contribution >= 0.6 is 0 Å². The fraction of sp³-hybridized carbons (Fsp3) is 0.333. The minimum absolute atomic E-state index is 0.0242. The second-order valence-corrected chi connectivity index (χ2v) is 9.31. The van der Waals surface area contributed by atoms with E-state index in [1.165, 1.54) is 19.2 Å². The summed E-state index contributed by atoms with van der Waals surface area (Å²) in [5.41, 5.74) is 1.61. The molecule has 1 atom stereocenters. The monoisotopic (exact) mass is 507 g/mol. The number of aromatic nitrogens is 2. The number of halogens is 1. The molecule has 0 saturated carbocycles. The fourth-order valence-corrected chi connectivity index (χ4v) is 4.29. The highest BCUT2D eigenvalue weighted by Crippen LogP contribution is 2.34. The maximum Gasteiger partial charge on any atom is 0.275 e. The number of hydrogen-bond acceptors (Lipinski definition) is 5. The standard InChI is InChI=1S/C27H30FN5O4/c1-16(2)21-14-32(4)27(36)23-24(37-15-17-8-6-5-7-9-17)22(31-33(21)23)26(35)30-13-18-10-11-19(28)12-20(18)25(34)29-3/h5-12,16,21H,13-15H2,1-4H3,(H,29,34)(H,30,35). The van der Waals surface area contributed by atoms with Crippen LogP contribution in [0.25, 0.3) is 0 Å². The molecule has 10 heteroatoms. The lowest BCUT2D eigenvalue weighted by Gasteiger charge is -2.33. The Hall–Kier alpha value is -4.21. The van der Waals surface area contributed by atoms with Crippen molar-refractivity contribution in [3.8, 4) is 5.75 Å². The number of likely N-dealkylation sites (N-methyl/N-ethyl adjacent to an activating group) is 1. The highest BCUT2D eigenvalue weighted by Gasteiger charge is 2.38. The van der Waals surface area contributed by atoms with Gasteiger partial charge in [0.1, 0.15) is 12.4 Å². The van der Waals surface area contributed by atoms with Gasteiger partial charge in [0.15, 0.2) is 17.1 Å². The number of rotatable bonds is 8. The molecule has 0 saturated heterocycles. The normalized spacial score (nSPS) is 14.9. The largest absolute Gasteiger partial charge is 0.484 e. The Morgan fingerprint density at radius 1 is 1.16 bits per heavy atom. The molecule has 2 aromatic carbocycles. The number of amides is 3. The number of nitrogens with one attached hydrogen (secondary N) is 2. The molecular formula is C27H30FN5O4. The number of benzene rings is 2. The molecule has 4 rings (SSSR count). The summed E-state index contributed by atoms with van der Waals surface area (Å²) in [6.07, 6.45) is 0. The van der Waals surface area contributed by atoms with Gasteiger partial charge in [0, 0.05) is 32.7 Å². The SMILES string of the molecule is CNC(=O)c1cc(F)ccc1CNC(=O)c1nn2c(c1OCc1ccccc1)C(=O)N(C)CC2C(C)C. The summed E-state index contributed by atoms with van der Waals surface area (Å²) in [6, 6.07) is 13.0. The minimum atomic E-state index is -0.574. The number of fused-ring (bicyclic) bond motifs is 1. The lowest BCUT2D eigenvalue weighted by atomic mass is 10.0. The van der Waals surface area contributed by atoms with Crippen LogP contribution in [0, 0.1) is 11.7 Å². The predicted molar refractivity (Wildman–Crippen MR) is 135 cm³/mol. The number of carbonyl (C=O) groups excluding carboxylic acids is 3. The summed E-state index contributed by atoms with van der Waals surface area (Å²) in [7, 11) is 3.16. The molecule has 1 aliphatic heterocycles. The van der Waals surface area contributed by atoms with E-state index < -0.39 is 17.6 Å². The molecule has 0 spiro atoms. The Kier molecular flexibility index (Phi) is 7.56. The Bertz CT molecular complexity index is 1320. The van der Waals surface area contributed by atoms with Crippen molar-refractivity contribution >= 4 is 17.7 Å². The first-order valence-electron chi connectivity index (χ1n) is 12.0. The molecule has 1 unspecified atom stereocenters. The topological polar surface area (TPSA) is 106 Å². The van der Waals surface area contributed by atoms with Gasteiger partial charge in [0.2, 0.25) is 0 Å². The van der Waals surface area contributed by atoms with Gasteiger partial charge in [-0.3, -0.25) is 19.1 Å². The molecule has 0 radical (unpaired) electrons. The lowest BCUT2D eigenvalue weighted by molar-refractivity contribution is 0.0673. The first-order chi connectivity index (χ1) is 17.7. The van der Waals surface area contributed by atoms with Gasteiger partial charge >= 0.3 is 0 Å². The number of hydrogen-bond donors (Lipinski definition) is 2. The zero-order valence-electron chi connectivity index (χ0n) is 21.2. The van der Waals surface area contributed by atoms with Crippen molar-refractivity contribution in [2.24, 2.45) is 5.92 Å². The summed E-state index contributed by atoms with van der Waals surface area (Å²) in [4.78, 5) is 40.4. The lowest BCUT2D eigenvalue weighted by Crippen LogP contribution is -2.42. The van der Waals surface area contributed by atoms with Crippen LogP contribution in [-0.4, -0.2) is 53.0 Å². The van der Waals surface area contributed by atoms with Gasteiger partial charge in [-0.1, -0.05) is 50.2 Å². The van der Waals surface area contributed by atoms with E-state index in [4.69, 9.17) is 4.74 Å². The molecular weight excluding hydrogens is 477 g/mol. The van der Waals surface area contributed by atoms with Crippen LogP contribution in [0.5, 0.6) is 5.75 Å². The Labute approximate surface area is 214 Å². The highest BCUT2D eigenvalue weighted by atomic mass is 19.1. The molecule has 3 aromatic rings. The smallest absolute Gasteiger partial charge is 0.275 e. The van der Waals surface area contributed by atoms with Gasteiger partial charge in [-0.15, -0.1) is 0 Å². The average Bonchev–Trinajstić information content (AvgIpc) is 3.28. The zero-order valence-corrected chi connectivity index (χ0v) is 21.2. The number of ether oxygens (including phenoxy) is 1. The zero-order chi connectivity index (χ0) is 26.7. The summed E-state index contributed by atoms with van der Waals surface area (Å²) in [6.45, 7) is 4.60. The third-order valence-electron chi connectivity index (χ3n) is 6.38. The number of nitrogens with zero attached hydrogens (tertiary/aromatic N) is 3. The molecule has 1 aliphatic rings. The first-order valence-corrected chi connectivity index (χ1v) is 12.0. The molecule has 0 fully saturated rings. The number of carbonyl (C=O) groups is 3. The van der Waals surface area contributed by atoms with E-state index in [0.717, 1.165) is 11.6 Å². The first kappa shape index (κ1) is 25.9. The molecule has 2 N–H and O–H groups in total. The van der Waals surface area contributed by atoms with Crippen molar-refractivity contribution in [1.29, 1.82) is 0 Å². The third kappa shape index (κ3) is 5.32. The quantitative estimate of drug-likeness (QED) is 0.487. The van der Waals surface area contributed by atoms with Crippen LogP contribution in [-0.2, 0) is 13.2 Å². The van der Waals surface area contributed by atoms with E-state index >= 15 is 0 Å². The van der Waals surface area contributed by atoms with Crippen LogP contribution in [0.2, 0.25) is 0 Å². The second kappa shape index (κ2) is 10.8. The van der Waals surface area contributed by atoms with Crippen LogP contribution in [0.4, 0.5) is 4.39 Å². The van der Waals surface area contributed by atoms with E-state index in [0.29, 0.717) is 12.1 Å². The molecule has 1 aromatic heterocycles. The fourth-order valence-electron chi connectivity index (χ4n) is 4.29. The van der Waals surface area contributed by atoms with Crippen molar-refractivity contribution in [3.63, 3.8) is 0 Å². The van der Waals surface area contributed by atoms with Crippen LogP contribution < -0.4 is 15.4 Å². The molecule has 194 valence electrons. The Balaban J connectivity index is 1.69. The van der Waals surface area contributed by atoms with Gasteiger partial charge in [0.05, 0.1) is 6.04 Å². The van der Waals surface area contributed by atoms with Crippen molar-refractivity contribution in [2.75, 3.05) is 20.6 Å². The van der Waals surface area contributed by atoms with E-state index in [2.05, 4.69) is 15.7 Å². The van der Waals surface area contributed by atoms with Gasteiger partial charge in [0.25, 0.3) is 17.7 Å². The molecule has 0 aliphatic carbocycles. The summed E-state index contributed by atoms with van der Waals surface area (Å²) < 4.78 is 21.4. The Morgan fingerprint density at radius 2 is 1.89 bits per heavy atom. The maximum absolute atomic E-state index is 13.8. The van der Waals surface area contributed by atoms with Crippen molar-refractivity contribution in [1.82, 2.24) is 25.3 Å². The van der Waals surface area contributed by atoms with Gasteiger partial charge < -0.3 is 20.3 Å². The van der Waals surface area contributed by atoms with Crippen LogP contribution in [0.15, 0.2) is 48.5 Å². The van der Waals surface area contributed by atoms with E-state index in [1.54, 1.807) is 16.6 Å². The molecule has 2 heterocycles. The summed E-state index contributed by atoms with van der Waals surface area (Å²) in [5.74, 6) is -1.64. The minimum Gasteiger partial charge on any atom is -0.484 e. The van der Waals surface area contributed by atoms with Crippen molar-refractivity contribution in [2.45, 2.75) is 33.0 Å². The molecule has 9 nitrogen and oxygen atoms in total. The molecule has 0 bridgehead atoms. The average molecular weight is 508 g/mol. The van der Waals surface area contributed by atoms with Crippen molar-refractivity contribution < 1.29 is 23.5 Å². The summed E-state index contributed by atoms with van der Waals surface area (Å²) in [5, 5.41) is 9.76. The second-order valence-electron chi connectivity index (χ2n) is 9.31. The summed E-state index contributed by atoms with van der Waals surface area (Å²) >= 11 is 0. The van der Waals surface area contributed by atoms with Gasteiger partial charge in [-0.05, 0) is 29.2 Å². The van der Waals surface area contributed by atoms with E-state index in [9.17, 15) is 18.8 Å². The highest BCUT2D eigenvalue weighted by molar-refractivity contribution is 6.03. The van der Waals surface area contributed by atoms with Crippen LogP contribution in [0.1, 0.15) is 62.4 Å². The van der Waals surface area contributed by atoms with Crippen LogP contribution in [0.3, 0.4) is 0 Å². The van der Waals surface area contributed by atoms with E-state index in [-0.39, 0.29) is 53.7 Å². The Morgan fingerprint density at radius 3 is 2.57 bits per heavy atom. The van der Waals surface area contributed by atoms with Gasteiger partial charge in [-0.25, -0.2) is 4.39 Å².